The second kappa shape index (κ2) is 7.64. The average molecular weight is 389 g/mol. The number of hydrogen-bond acceptors (Lipinski definition) is 4. The summed E-state index contributed by atoms with van der Waals surface area (Å²) in [5.74, 6) is -10.3. The standard InChI is InChI=1S/C18H16F5NO3/c1-18(2)11(5-8(19)6-24)12(18)17(26)27-7-10-15(22)13(20)9(3-4-25)14(21)16(10)23/h5,11-12,25H,3-4,7H2,1-2H3/b8-5-/t11-,12-/m0/s1. The number of nitriles is 1. The Bertz CT molecular complexity index is 815. The number of benzene rings is 1. The van der Waals surface area contributed by atoms with E-state index in [2.05, 4.69) is 0 Å². The summed E-state index contributed by atoms with van der Waals surface area (Å²) in [6.45, 7) is 1.43. The van der Waals surface area contributed by atoms with Crippen molar-refractivity contribution >= 4 is 5.97 Å². The Morgan fingerprint density at radius 2 is 1.70 bits per heavy atom. The second-order valence-corrected chi connectivity index (χ2v) is 6.75. The molecule has 1 aliphatic carbocycles. The van der Waals surface area contributed by atoms with Crippen molar-refractivity contribution in [1.29, 1.82) is 5.26 Å². The molecule has 0 spiro atoms. The molecule has 2 rings (SSSR count). The summed E-state index contributed by atoms with van der Waals surface area (Å²) < 4.78 is 73.5. The molecule has 2 atom stereocenters. The number of ether oxygens (including phenoxy) is 1. The summed E-state index contributed by atoms with van der Waals surface area (Å²) in [5, 5.41) is 17.2. The van der Waals surface area contributed by atoms with Gasteiger partial charge in [0.15, 0.2) is 29.1 Å². The number of carbonyl (C=O) groups excluding carboxylic acids is 1. The highest BCUT2D eigenvalue weighted by Gasteiger charge is 2.61. The van der Waals surface area contributed by atoms with Gasteiger partial charge in [0.05, 0.1) is 11.5 Å². The van der Waals surface area contributed by atoms with Gasteiger partial charge in [-0.05, 0) is 11.5 Å². The van der Waals surface area contributed by atoms with Crippen molar-refractivity contribution in [3.8, 4) is 6.07 Å². The van der Waals surface area contributed by atoms with E-state index in [1.54, 1.807) is 13.8 Å². The summed E-state index contributed by atoms with van der Waals surface area (Å²) in [7, 11) is 0. The largest absolute Gasteiger partial charge is 0.460 e. The van der Waals surface area contributed by atoms with Crippen molar-refractivity contribution in [2.24, 2.45) is 17.3 Å². The predicted molar refractivity (Wildman–Crippen MR) is 82.4 cm³/mol. The van der Waals surface area contributed by atoms with E-state index in [-0.39, 0.29) is 0 Å². The van der Waals surface area contributed by atoms with Crippen LogP contribution in [0.2, 0.25) is 0 Å². The van der Waals surface area contributed by atoms with E-state index in [0.717, 1.165) is 6.08 Å². The summed E-state index contributed by atoms with van der Waals surface area (Å²) in [5.41, 5.74) is -2.79. The third kappa shape index (κ3) is 3.81. The first kappa shape index (κ1) is 20.8. The van der Waals surface area contributed by atoms with Gasteiger partial charge in [0.25, 0.3) is 0 Å². The maximum absolute atomic E-state index is 14.0. The van der Waals surface area contributed by atoms with Crippen LogP contribution in [0.15, 0.2) is 11.9 Å². The van der Waals surface area contributed by atoms with Gasteiger partial charge in [-0.3, -0.25) is 4.79 Å². The van der Waals surface area contributed by atoms with Gasteiger partial charge in [-0.15, -0.1) is 0 Å². The SMILES string of the molecule is CC1(C)[C@H](C(=O)OCc2c(F)c(F)c(CCO)c(F)c2F)[C@@H]1/C=C(\F)C#N. The normalized spacial score (nSPS) is 20.9. The fraction of sp³-hybridized carbons (Fsp3) is 0.444. The number of halogens is 5. The number of aliphatic hydroxyl groups is 1. The Balaban J connectivity index is 2.18. The van der Waals surface area contributed by atoms with Crippen LogP contribution in [0.1, 0.15) is 25.0 Å². The molecule has 0 bridgehead atoms. The molecule has 1 aromatic rings. The number of aliphatic hydroxyl groups excluding tert-OH is 1. The highest BCUT2D eigenvalue weighted by Crippen LogP contribution is 2.60. The summed E-state index contributed by atoms with van der Waals surface area (Å²) in [4.78, 5) is 12.1. The lowest BCUT2D eigenvalue weighted by molar-refractivity contribution is -0.147. The molecule has 1 N–H and O–H groups in total. The number of esters is 1. The van der Waals surface area contributed by atoms with Crippen molar-refractivity contribution in [3.05, 3.63) is 46.3 Å². The maximum atomic E-state index is 14.0. The first-order chi connectivity index (χ1) is 12.6. The number of nitrogens with zero attached hydrogens (tertiary/aromatic N) is 1. The quantitative estimate of drug-likeness (QED) is 0.350. The molecule has 0 radical (unpaired) electrons. The molecule has 4 nitrogen and oxygen atoms in total. The lowest BCUT2D eigenvalue weighted by Gasteiger charge is -2.12. The van der Waals surface area contributed by atoms with Crippen molar-refractivity contribution in [2.75, 3.05) is 6.61 Å². The van der Waals surface area contributed by atoms with Crippen LogP contribution in [-0.2, 0) is 22.6 Å². The van der Waals surface area contributed by atoms with E-state index in [0.29, 0.717) is 0 Å². The third-order valence-corrected chi connectivity index (χ3v) is 4.76. The minimum Gasteiger partial charge on any atom is -0.460 e. The minimum absolute atomic E-state index is 0.625. The fourth-order valence-electron chi connectivity index (χ4n) is 3.05. The van der Waals surface area contributed by atoms with Gasteiger partial charge in [0.1, 0.15) is 12.7 Å². The van der Waals surface area contributed by atoms with Crippen molar-refractivity contribution < 1.29 is 36.6 Å². The van der Waals surface area contributed by atoms with Gasteiger partial charge in [-0.1, -0.05) is 13.8 Å². The van der Waals surface area contributed by atoms with Crippen LogP contribution in [-0.4, -0.2) is 17.7 Å². The summed E-state index contributed by atoms with van der Waals surface area (Å²) in [6, 6.07) is 1.28. The molecule has 1 saturated carbocycles. The van der Waals surface area contributed by atoms with Crippen LogP contribution in [0.4, 0.5) is 22.0 Å². The van der Waals surface area contributed by atoms with Crippen LogP contribution in [0.3, 0.4) is 0 Å². The molecule has 146 valence electrons. The van der Waals surface area contributed by atoms with Crippen LogP contribution < -0.4 is 0 Å². The molecule has 0 saturated heterocycles. The van der Waals surface area contributed by atoms with E-state index < -0.39 is 83.1 Å². The Labute approximate surface area is 151 Å². The molecule has 0 heterocycles. The molecule has 0 unspecified atom stereocenters. The molecule has 0 amide bonds. The van der Waals surface area contributed by atoms with Crippen LogP contribution in [0, 0.1) is 51.9 Å². The van der Waals surface area contributed by atoms with E-state index >= 15 is 0 Å². The molecule has 0 aromatic heterocycles. The van der Waals surface area contributed by atoms with Gasteiger partial charge in [-0.2, -0.15) is 9.65 Å². The second-order valence-electron chi connectivity index (χ2n) is 6.75. The Hall–Kier alpha value is -2.47. The Morgan fingerprint density at radius 1 is 1.19 bits per heavy atom. The monoisotopic (exact) mass is 389 g/mol. The Morgan fingerprint density at radius 3 is 2.19 bits per heavy atom. The van der Waals surface area contributed by atoms with Gasteiger partial charge in [0.2, 0.25) is 0 Å². The van der Waals surface area contributed by atoms with E-state index in [4.69, 9.17) is 15.1 Å². The van der Waals surface area contributed by atoms with Crippen LogP contribution >= 0.6 is 0 Å². The predicted octanol–water partition coefficient (Wildman–Crippen LogP) is 3.47. The molecule has 1 aliphatic rings. The average Bonchev–Trinajstić information content (AvgIpc) is 3.16. The summed E-state index contributed by atoms with van der Waals surface area (Å²) >= 11 is 0. The van der Waals surface area contributed by atoms with E-state index in [1.165, 1.54) is 6.07 Å². The fourth-order valence-corrected chi connectivity index (χ4v) is 3.05. The molecule has 1 aromatic carbocycles. The maximum Gasteiger partial charge on any atom is 0.310 e. The van der Waals surface area contributed by atoms with E-state index in [1.807, 2.05) is 0 Å². The molecule has 0 aliphatic heterocycles. The van der Waals surface area contributed by atoms with Gasteiger partial charge in [-0.25, -0.2) is 17.6 Å². The number of rotatable bonds is 6. The lowest BCUT2D eigenvalue weighted by Crippen LogP contribution is -2.15. The van der Waals surface area contributed by atoms with Crippen molar-refractivity contribution in [3.63, 3.8) is 0 Å². The molecule has 9 heteroatoms. The van der Waals surface area contributed by atoms with Crippen molar-refractivity contribution in [1.82, 2.24) is 0 Å². The number of carbonyl (C=O) groups is 1. The van der Waals surface area contributed by atoms with Gasteiger partial charge >= 0.3 is 5.97 Å². The Kier molecular flexibility index (Phi) is 5.90. The van der Waals surface area contributed by atoms with E-state index in [9.17, 15) is 26.7 Å². The molecular weight excluding hydrogens is 373 g/mol. The third-order valence-electron chi connectivity index (χ3n) is 4.76. The molecular formula is C18H16F5NO3. The van der Waals surface area contributed by atoms with Crippen LogP contribution in [0.5, 0.6) is 0 Å². The first-order valence-electron chi connectivity index (χ1n) is 7.96. The highest BCUT2D eigenvalue weighted by molar-refractivity contribution is 5.78. The molecule has 27 heavy (non-hydrogen) atoms. The first-order valence-corrected chi connectivity index (χ1v) is 7.96. The topological polar surface area (TPSA) is 70.3 Å². The highest BCUT2D eigenvalue weighted by atomic mass is 19.2. The summed E-state index contributed by atoms with van der Waals surface area (Å²) in [6.07, 6.45) is 0.330. The van der Waals surface area contributed by atoms with Gasteiger partial charge < -0.3 is 9.84 Å². The number of hydrogen-bond donors (Lipinski definition) is 1. The van der Waals surface area contributed by atoms with Crippen molar-refractivity contribution in [2.45, 2.75) is 26.9 Å². The smallest absolute Gasteiger partial charge is 0.310 e. The minimum atomic E-state index is -1.72. The number of allylic oxidation sites excluding steroid dienone is 2. The lowest BCUT2D eigenvalue weighted by atomic mass is 10.1. The molecule has 1 fully saturated rings. The zero-order valence-corrected chi connectivity index (χ0v) is 14.5. The van der Waals surface area contributed by atoms with Gasteiger partial charge in [0, 0.05) is 24.5 Å². The van der Waals surface area contributed by atoms with Crippen LogP contribution in [0.25, 0.3) is 0 Å². The zero-order chi connectivity index (χ0) is 20.5. The zero-order valence-electron chi connectivity index (χ0n) is 14.5.